The van der Waals surface area contributed by atoms with Crippen LogP contribution in [-0.4, -0.2) is 79.5 Å². The van der Waals surface area contributed by atoms with Crippen LogP contribution in [0.15, 0.2) is 42.5 Å². The van der Waals surface area contributed by atoms with Gasteiger partial charge in [0.05, 0.1) is 0 Å². The average Bonchev–Trinajstić information content (AvgIpc) is 2.81. The maximum atomic E-state index is 14.0. The summed E-state index contributed by atoms with van der Waals surface area (Å²) in [5.74, 6) is -0.311. The van der Waals surface area contributed by atoms with Crippen LogP contribution in [0.1, 0.15) is 12.0 Å². The first-order valence-electron chi connectivity index (χ1n) is 11.2. The molecule has 2 aliphatic heterocycles. The third-order valence-corrected chi connectivity index (χ3v) is 6.73. The molecular formula is C24H29ClF2N4O. The van der Waals surface area contributed by atoms with E-state index in [0.29, 0.717) is 36.6 Å². The van der Waals surface area contributed by atoms with Crippen LogP contribution >= 0.6 is 11.6 Å². The van der Waals surface area contributed by atoms with Crippen molar-refractivity contribution in [1.82, 2.24) is 14.7 Å². The predicted octanol–water partition coefficient (Wildman–Crippen LogP) is 3.47. The molecule has 2 saturated heterocycles. The molecule has 0 aliphatic carbocycles. The lowest BCUT2D eigenvalue weighted by Crippen LogP contribution is -2.50. The number of benzene rings is 2. The Hall–Kier alpha value is -2.22. The summed E-state index contributed by atoms with van der Waals surface area (Å²) in [4.78, 5) is 21.3. The second kappa shape index (κ2) is 10.6. The quantitative estimate of drug-likeness (QED) is 0.657. The van der Waals surface area contributed by atoms with Gasteiger partial charge in [0.25, 0.3) is 0 Å². The van der Waals surface area contributed by atoms with E-state index in [1.54, 1.807) is 24.3 Å². The summed E-state index contributed by atoms with van der Waals surface area (Å²) < 4.78 is 27.1. The molecule has 2 aliphatic rings. The summed E-state index contributed by atoms with van der Waals surface area (Å²) in [7, 11) is 0. The first kappa shape index (κ1) is 23.0. The minimum atomic E-state index is -0.259. The molecule has 172 valence electrons. The number of halogens is 3. The van der Waals surface area contributed by atoms with Crippen LogP contribution in [0, 0.1) is 11.6 Å². The largest absolute Gasteiger partial charge is 0.368 e. The second-order valence-electron chi connectivity index (χ2n) is 8.41. The minimum absolute atomic E-state index is 0.185. The number of hydrogen-bond donors (Lipinski definition) is 0. The molecular weight excluding hydrogens is 434 g/mol. The first-order valence-corrected chi connectivity index (χ1v) is 11.5. The summed E-state index contributed by atoms with van der Waals surface area (Å²) >= 11 is 6.15. The third-order valence-electron chi connectivity index (χ3n) is 6.37. The Balaban J connectivity index is 1.17. The van der Waals surface area contributed by atoms with Gasteiger partial charge in [0.15, 0.2) is 0 Å². The number of carbonyl (C=O) groups is 1. The molecule has 0 radical (unpaired) electrons. The van der Waals surface area contributed by atoms with Gasteiger partial charge in [-0.2, -0.15) is 0 Å². The predicted molar refractivity (Wildman–Crippen MR) is 123 cm³/mol. The van der Waals surface area contributed by atoms with Gasteiger partial charge in [0.2, 0.25) is 5.91 Å². The fraction of sp³-hybridized carbons (Fsp3) is 0.458. The summed E-state index contributed by atoms with van der Waals surface area (Å²) in [6, 6.07) is 11.3. The van der Waals surface area contributed by atoms with Gasteiger partial charge in [0, 0.05) is 88.1 Å². The summed E-state index contributed by atoms with van der Waals surface area (Å²) in [5.41, 5.74) is 1.55. The SMILES string of the molecule is O=C(CCN1CCN(Cc2c(F)cccc2Cl)CC1)N1CCN(c2ccc(F)cc2)CC1. The van der Waals surface area contributed by atoms with Crippen LogP contribution in [0.25, 0.3) is 0 Å². The van der Waals surface area contributed by atoms with Crippen molar-refractivity contribution in [3.8, 4) is 0 Å². The molecule has 32 heavy (non-hydrogen) atoms. The molecule has 5 nitrogen and oxygen atoms in total. The molecule has 0 unspecified atom stereocenters. The van der Waals surface area contributed by atoms with Crippen molar-refractivity contribution in [3.63, 3.8) is 0 Å². The van der Waals surface area contributed by atoms with Gasteiger partial charge in [-0.15, -0.1) is 0 Å². The Morgan fingerprint density at radius 3 is 2.16 bits per heavy atom. The number of nitrogens with zero attached hydrogens (tertiary/aromatic N) is 4. The van der Waals surface area contributed by atoms with Crippen molar-refractivity contribution in [3.05, 3.63) is 64.7 Å². The van der Waals surface area contributed by atoms with E-state index in [4.69, 9.17) is 11.6 Å². The summed E-state index contributed by atoms with van der Waals surface area (Å²) in [6.07, 6.45) is 0.510. The molecule has 2 aromatic rings. The van der Waals surface area contributed by atoms with Crippen LogP contribution in [-0.2, 0) is 11.3 Å². The standard InChI is InChI=1S/C24H29ClF2N4O/c25-22-2-1-3-23(27)21(22)18-29-12-10-28(11-13-29)9-8-24(32)31-16-14-30(15-17-31)20-6-4-19(26)5-7-20/h1-7H,8-18H2. The maximum Gasteiger partial charge on any atom is 0.223 e. The monoisotopic (exact) mass is 462 g/mol. The van der Waals surface area contributed by atoms with Crippen molar-refractivity contribution in [2.24, 2.45) is 0 Å². The van der Waals surface area contributed by atoms with Gasteiger partial charge in [-0.05, 0) is 36.4 Å². The molecule has 0 spiro atoms. The zero-order chi connectivity index (χ0) is 22.5. The lowest BCUT2D eigenvalue weighted by Gasteiger charge is -2.37. The Kier molecular flexibility index (Phi) is 7.60. The van der Waals surface area contributed by atoms with E-state index in [1.807, 2.05) is 4.90 Å². The second-order valence-corrected chi connectivity index (χ2v) is 8.82. The van der Waals surface area contributed by atoms with E-state index in [1.165, 1.54) is 18.2 Å². The Labute approximate surface area is 193 Å². The molecule has 1 amide bonds. The molecule has 0 N–H and O–H groups in total. The number of anilines is 1. The van der Waals surface area contributed by atoms with Crippen molar-refractivity contribution in [2.45, 2.75) is 13.0 Å². The topological polar surface area (TPSA) is 30.0 Å². The van der Waals surface area contributed by atoms with Crippen molar-refractivity contribution in [2.75, 3.05) is 63.8 Å². The zero-order valence-corrected chi connectivity index (χ0v) is 18.9. The number of hydrogen-bond acceptors (Lipinski definition) is 4. The van der Waals surface area contributed by atoms with E-state index >= 15 is 0 Å². The van der Waals surface area contributed by atoms with Crippen LogP contribution < -0.4 is 4.90 Å². The highest BCUT2D eigenvalue weighted by Gasteiger charge is 2.23. The lowest BCUT2D eigenvalue weighted by molar-refractivity contribution is -0.131. The average molecular weight is 463 g/mol. The summed E-state index contributed by atoms with van der Waals surface area (Å²) in [6.45, 7) is 7.52. The molecule has 0 atom stereocenters. The first-order chi connectivity index (χ1) is 15.5. The van der Waals surface area contributed by atoms with Gasteiger partial charge in [-0.3, -0.25) is 9.69 Å². The maximum absolute atomic E-state index is 14.0. The van der Waals surface area contributed by atoms with E-state index in [0.717, 1.165) is 51.5 Å². The Morgan fingerprint density at radius 1 is 0.844 bits per heavy atom. The third kappa shape index (κ3) is 5.77. The highest BCUT2D eigenvalue weighted by molar-refractivity contribution is 6.31. The van der Waals surface area contributed by atoms with Gasteiger partial charge in [-0.25, -0.2) is 8.78 Å². The van der Waals surface area contributed by atoms with Crippen LogP contribution in [0.3, 0.4) is 0 Å². The fourth-order valence-electron chi connectivity index (χ4n) is 4.36. The normalized spacial score (nSPS) is 18.2. The van der Waals surface area contributed by atoms with Crippen LogP contribution in [0.5, 0.6) is 0 Å². The van der Waals surface area contributed by atoms with Crippen molar-refractivity contribution >= 4 is 23.2 Å². The summed E-state index contributed by atoms with van der Waals surface area (Å²) in [5, 5.41) is 0.470. The van der Waals surface area contributed by atoms with Gasteiger partial charge < -0.3 is 14.7 Å². The van der Waals surface area contributed by atoms with E-state index in [2.05, 4.69) is 14.7 Å². The van der Waals surface area contributed by atoms with Crippen molar-refractivity contribution < 1.29 is 13.6 Å². The minimum Gasteiger partial charge on any atom is -0.368 e. The smallest absolute Gasteiger partial charge is 0.223 e. The molecule has 8 heteroatoms. The number of carbonyl (C=O) groups excluding carboxylic acids is 1. The molecule has 4 rings (SSSR count). The zero-order valence-electron chi connectivity index (χ0n) is 18.2. The Morgan fingerprint density at radius 2 is 1.50 bits per heavy atom. The number of rotatable bonds is 6. The molecule has 2 heterocycles. The fourth-order valence-corrected chi connectivity index (χ4v) is 4.58. The number of amides is 1. The van der Waals surface area contributed by atoms with Crippen LogP contribution in [0.2, 0.25) is 5.02 Å². The Bertz CT molecular complexity index is 890. The van der Waals surface area contributed by atoms with Crippen LogP contribution in [0.4, 0.5) is 14.5 Å². The highest BCUT2D eigenvalue weighted by atomic mass is 35.5. The van der Waals surface area contributed by atoms with Gasteiger partial charge in [0.1, 0.15) is 11.6 Å². The van der Waals surface area contributed by atoms with Gasteiger partial charge >= 0.3 is 0 Å². The molecule has 0 bridgehead atoms. The van der Waals surface area contributed by atoms with E-state index in [-0.39, 0.29) is 17.5 Å². The number of piperazine rings is 2. The molecule has 2 fully saturated rings. The molecule has 0 aromatic heterocycles. The molecule has 0 saturated carbocycles. The molecule has 2 aromatic carbocycles. The van der Waals surface area contributed by atoms with Crippen molar-refractivity contribution in [1.29, 1.82) is 0 Å². The van der Waals surface area contributed by atoms with Gasteiger partial charge in [-0.1, -0.05) is 17.7 Å². The highest BCUT2D eigenvalue weighted by Crippen LogP contribution is 2.21. The lowest BCUT2D eigenvalue weighted by atomic mass is 10.1. The van der Waals surface area contributed by atoms with E-state index in [9.17, 15) is 13.6 Å². The van der Waals surface area contributed by atoms with E-state index < -0.39 is 0 Å².